The van der Waals surface area contributed by atoms with Gasteiger partial charge in [0.25, 0.3) is 0 Å². The van der Waals surface area contributed by atoms with E-state index in [0.29, 0.717) is 17.4 Å². The second kappa shape index (κ2) is 45.6. The van der Waals surface area contributed by atoms with Gasteiger partial charge in [0.2, 0.25) is 5.91 Å². The molecule has 0 spiro atoms. The normalized spacial score (nSPS) is 14.5. The van der Waals surface area contributed by atoms with E-state index in [1.54, 1.807) is 6.08 Å². The Kier molecular flexibility index (Phi) is 44.5. The van der Waals surface area contributed by atoms with Crippen molar-refractivity contribution in [2.45, 2.75) is 251 Å². The predicted molar refractivity (Wildman–Crippen MR) is 272 cm³/mol. The summed E-state index contributed by atoms with van der Waals surface area (Å²) in [5, 5.41) is 13.7. The van der Waals surface area contributed by atoms with Gasteiger partial charge in [-0.05, 0) is 57.8 Å². The SMILES string of the molecule is CCCC/C=C/CC/C=C/C(O)C(COP(=O)(O)OCC[N+](C)(C)C)NC(=O)CCCCCCCCCCCCCCCCCCCCCCC/C=C\C/C=C\CCCCCCC. The van der Waals surface area contributed by atoms with E-state index in [2.05, 4.69) is 55.6 Å². The van der Waals surface area contributed by atoms with Crippen molar-refractivity contribution >= 4 is 13.7 Å². The number of unbranched alkanes of at least 4 members (excludes halogenated alkanes) is 29. The van der Waals surface area contributed by atoms with Crippen LogP contribution in [0, 0.1) is 0 Å². The quantitative estimate of drug-likeness (QED) is 0.0243. The summed E-state index contributed by atoms with van der Waals surface area (Å²) >= 11 is 0. The zero-order valence-electron chi connectivity index (χ0n) is 42.1. The highest BCUT2D eigenvalue weighted by atomic mass is 31.2. The molecule has 0 aliphatic rings. The van der Waals surface area contributed by atoms with Crippen LogP contribution >= 0.6 is 7.82 Å². The van der Waals surface area contributed by atoms with Crippen LogP contribution in [0.3, 0.4) is 0 Å². The van der Waals surface area contributed by atoms with Gasteiger partial charge in [0.1, 0.15) is 13.2 Å². The number of hydrogen-bond acceptors (Lipinski definition) is 5. The summed E-state index contributed by atoms with van der Waals surface area (Å²) in [7, 11) is 1.55. The van der Waals surface area contributed by atoms with Crippen molar-refractivity contribution in [2.75, 3.05) is 40.9 Å². The van der Waals surface area contributed by atoms with Crippen LogP contribution in [-0.4, -0.2) is 73.4 Å². The monoisotopic (exact) mass is 908 g/mol. The first kappa shape index (κ1) is 61.5. The molecule has 0 fully saturated rings. The van der Waals surface area contributed by atoms with Crippen LogP contribution in [0.5, 0.6) is 0 Å². The van der Waals surface area contributed by atoms with Crippen LogP contribution in [0.25, 0.3) is 0 Å². The number of carbonyl (C=O) groups excluding carboxylic acids is 1. The number of phosphoric acid groups is 1. The summed E-state index contributed by atoms with van der Waals surface area (Å²) in [6.07, 6.45) is 59.6. The first-order valence-corrected chi connectivity index (χ1v) is 28.0. The van der Waals surface area contributed by atoms with Gasteiger partial charge in [-0.1, -0.05) is 223 Å². The largest absolute Gasteiger partial charge is 0.472 e. The number of likely N-dealkylation sites (N-methyl/N-ethyl adjacent to an activating group) is 1. The third-order valence-electron chi connectivity index (χ3n) is 11.8. The van der Waals surface area contributed by atoms with Gasteiger partial charge < -0.3 is 19.8 Å². The summed E-state index contributed by atoms with van der Waals surface area (Å²) in [5.41, 5.74) is 0. The maximum Gasteiger partial charge on any atom is 0.472 e. The Labute approximate surface area is 390 Å². The fraction of sp³-hybridized carbons (Fsp3) is 0.833. The Morgan fingerprint density at radius 2 is 0.937 bits per heavy atom. The Bertz CT molecular complexity index is 1170. The molecule has 3 unspecified atom stereocenters. The minimum absolute atomic E-state index is 0.0561. The van der Waals surface area contributed by atoms with Crippen LogP contribution in [0.1, 0.15) is 239 Å². The number of phosphoric ester groups is 1. The van der Waals surface area contributed by atoms with Crippen molar-refractivity contribution < 1.29 is 32.9 Å². The summed E-state index contributed by atoms with van der Waals surface area (Å²) < 4.78 is 23.5. The molecule has 1 amide bonds. The number of nitrogens with zero attached hydrogens (tertiary/aromatic N) is 1. The molecule has 0 heterocycles. The lowest BCUT2D eigenvalue weighted by molar-refractivity contribution is -0.870. The van der Waals surface area contributed by atoms with Crippen LogP contribution in [-0.2, 0) is 18.4 Å². The molecular formula is C54H104N2O6P+. The third-order valence-corrected chi connectivity index (χ3v) is 12.8. The Morgan fingerprint density at radius 1 is 0.540 bits per heavy atom. The van der Waals surface area contributed by atoms with Crippen LogP contribution in [0.15, 0.2) is 48.6 Å². The Morgan fingerprint density at radius 3 is 1.41 bits per heavy atom. The first-order valence-electron chi connectivity index (χ1n) is 26.5. The Hall–Kier alpha value is -1.54. The highest BCUT2D eigenvalue weighted by Crippen LogP contribution is 2.43. The molecule has 0 aliphatic carbocycles. The van der Waals surface area contributed by atoms with Gasteiger partial charge in [0.15, 0.2) is 0 Å². The van der Waals surface area contributed by atoms with E-state index in [4.69, 9.17) is 9.05 Å². The molecule has 370 valence electrons. The number of carbonyl (C=O) groups is 1. The number of nitrogens with one attached hydrogen (secondary N) is 1. The minimum Gasteiger partial charge on any atom is -0.387 e. The molecule has 0 aliphatic heterocycles. The van der Waals surface area contributed by atoms with Gasteiger partial charge >= 0.3 is 7.82 Å². The van der Waals surface area contributed by atoms with Gasteiger partial charge in [0, 0.05) is 6.42 Å². The van der Waals surface area contributed by atoms with E-state index in [1.165, 1.54) is 173 Å². The molecular weight excluding hydrogens is 804 g/mol. The van der Waals surface area contributed by atoms with E-state index >= 15 is 0 Å². The van der Waals surface area contributed by atoms with E-state index in [0.717, 1.165) is 44.9 Å². The highest BCUT2D eigenvalue weighted by molar-refractivity contribution is 7.47. The molecule has 0 aromatic carbocycles. The molecule has 3 atom stereocenters. The lowest BCUT2D eigenvalue weighted by Gasteiger charge is -2.25. The second-order valence-corrected chi connectivity index (χ2v) is 20.7. The van der Waals surface area contributed by atoms with E-state index in [1.807, 2.05) is 27.2 Å². The topological polar surface area (TPSA) is 105 Å². The zero-order chi connectivity index (χ0) is 46.4. The summed E-state index contributed by atoms with van der Waals surface area (Å²) in [6, 6.07) is -0.859. The molecule has 9 heteroatoms. The highest BCUT2D eigenvalue weighted by Gasteiger charge is 2.27. The summed E-state index contributed by atoms with van der Waals surface area (Å²) in [6.45, 7) is 4.71. The smallest absolute Gasteiger partial charge is 0.387 e. The predicted octanol–water partition coefficient (Wildman–Crippen LogP) is 15.6. The summed E-state index contributed by atoms with van der Waals surface area (Å²) in [5.74, 6) is -0.189. The number of aliphatic hydroxyl groups is 1. The molecule has 0 aromatic rings. The number of rotatable bonds is 48. The zero-order valence-corrected chi connectivity index (χ0v) is 43.0. The maximum absolute atomic E-state index is 12.9. The molecule has 8 nitrogen and oxygen atoms in total. The minimum atomic E-state index is -4.34. The van der Waals surface area contributed by atoms with Gasteiger partial charge in [-0.15, -0.1) is 0 Å². The van der Waals surface area contributed by atoms with Crippen molar-refractivity contribution in [2.24, 2.45) is 0 Å². The Balaban J connectivity index is 3.90. The molecule has 0 saturated heterocycles. The van der Waals surface area contributed by atoms with Crippen molar-refractivity contribution in [1.29, 1.82) is 0 Å². The number of aliphatic hydroxyl groups excluding tert-OH is 1. The van der Waals surface area contributed by atoms with Crippen molar-refractivity contribution in [3.63, 3.8) is 0 Å². The number of quaternary nitrogens is 1. The van der Waals surface area contributed by atoms with Crippen LogP contribution < -0.4 is 5.32 Å². The standard InChI is InChI=1S/C54H103N2O6P/c1-6-8-10-12-14-16-17-18-19-20-21-22-23-24-25-26-27-28-29-30-31-32-33-34-35-36-37-38-39-40-42-44-46-48-54(58)55-52(51-62-63(59,60)61-50-49-56(3,4)5)53(57)47-45-43-41-15-13-11-9-7-2/h13,15,17-18,20-21,45,47,52-53,57H,6-12,14,16,19,22-44,46,48-51H2,1-5H3,(H-,55,58,59,60)/p+1/b15-13+,18-17-,21-20-,47-45+. The van der Waals surface area contributed by atoms with Gasteiger partial charge in [-0.3, -0.25) is 13.8 Å². The van der Waals surface area contributed by atoms with Crippen LogP contribution in [0.4, 0.5) is 0 Å². The molecule has 0 saturated carbocycles. The molecule has 0 radical (unpaired) electrons. The number of hydrogen-bond donors (Lipinski definition) is 3. The number of allylic oxidation sites excluding steroid dienone is 7. The maximum atomic E-state index is 12.9. The second-order valence-electron chi connectivity index (χ2n) is 19.2. The molecule has 3 N–H and O–H groups in total. The van der Waals surface area contributed by atoms with Gasteiger partial charge in [0.05, 0.1) is 39.9 Å². The molecule has 0 bridgehead atoms. The third kappa shape index (κ3) is 48.2. The molecule has 63 heavy (non-hydrogen) atoms. The fourth-order valence-corrected chi connectivity index (χ4v) is 8.28. The molecule has 0 rings (SSSR count). The summed E-state index contributed by atoms with van der Waals surface area (Å²) in [4.78, 5) is 23.1. The first-order chi connectivity index (χ1) is 30.5. The average molecular weight is 908 g/mol. The van der Waals surface area contributed by atoms with E-state index in [-0.39, 0.29) is 19.1 Å². The fourth-order valence-electron chi connectivity index (χ4n) is 7.55. The van der Waals surface area contributed by atoms with Gasteiger partial charge in [-0.25, -0.2) is 4.57 Å². The molecule has 0 aromatic heterocycles. The van der Waals surface area contributed by atoms with E-state index in [9.17, 15) is 19.4 Å². The van der Waals surface area contributed by atoms with Gasteiger partial charge in [-0.2, -0.15) is 0 Å². The lowest BCUT2D eigenvalue weighted by Crippen LogP contribution is -2.45. The number of amides is 1. The van der Waals surface area contributed by atoms with Crippen molar-refractivity contribution in [1.82, 2.24) is 5.32 Å². The average Bonchev–Trinajstić information content (AvgIpc) is 3.24. The van der Waals surface area contributed by atoms with Crippen molar-refractivity contribution in [3.05, 3.63) is 48.6 Å². The van der Waals surface area contributed by atoms with E-state index < -0.39 is 20.0 Å². The lowest BCUT2D eigenvalue weighted by atomic mass is 10.0. The van der Waals surface area contributed by atoms with Crippen molar-refractivity contribution in [3.8, 4) is 0 Å². The van der Waals surface area contributed by atoms with Crippen LogP contribution in [0.2, 0.25) is 0 Å².